The Morgan fingerprint density at radius 1 is 1.23 bits per heavy atom. The molecule has 2 rings (SSSR count). The van der Waals surface area contributed by atoms with Crippen molar-refractivity contribution in [3.63, 3.8) is 0 Å². The third-order valence-corrected chi connectivity index (χ3v) is 5.18. The fourth-order valence-corrected chi connectivity index (χ4v) is 4.17. The van der Waals surface area contributed by atoms with Gasteiger partial charge in [-0.05, 0) is 13.8 Å². The summed E-state index contributed by atoms with van der Waals surface area (Å²) in [5, 5.41) is 14.3. The number of carbonyl (C=O) groups excluding carboxylic acids is 1. The van der Waals surface area contributed by atoms with Crippen molar-refractivity contribution in [1.29, 1.82) is 0 Å². The number of ether oxygens (including phenoxy) is 2. The van der Waals surface area contributed by atoms with Gasteiger partial charge in [-0.1, -0.05) is 18.2 Å². The standard InChI is InChI=1S/C16H18N2O7S/c1-9-14(25-16(19)24-3)13(15(10(2)17-9)26(4,22)23)11-7-5-6-8-12(11)18(20)21/h5-8,13,17H,1-4H3. The highest BCUT2D eigenvalue weighted by Gasteiger charge is 2.40. The molecule has 0 saturated carbocycles. The average molecular weight is 382 g/mol. The zero-order chi connectivity index (χ0) is 19.6. The zero-order valence-corrected chi connectivity index (χ0v) is 15.4. The molecule has 1 aromatic carbocycles. The number of methoxy groups -OCH3 is 1. The van der Waals surface area contributed by atoms with E-state index in [0.29, 0.717) is 11.4 Å². The van der Waals surface area contributed by atoms with E-state index in [-0.39, 0.29) is 21.9 Å². The summed E-state index contributed by atoms with van der Waals surface area (Å²) in [6, 6.07) is 5.71. The van der Waals surface area contributed by atoms with Crippen molar-refractivity contribution in [3.05, 3.63) is 62.0 Å². The van der Waals surface area contributed by atoms with E-state index in [9.17, 15) is 23.3 Å². The first-order valence-electron chi connectivity index (χ1n) is 7.45. The number of hydrogen-bond donors (Lipinski definition) is 1. The van der Waals surface area contributed by atoms with Gasteiger partial charge in [0.2, 0.25) is 0 Å². The van der Waals surface area contributed by atoms with E-state index in [1.54, 1.807) is 13.0 Å². The molecular formula is C16H18N2O7S. The topological polar surface area (TPSA) is 125 Å². The van der Waals surface area contributed by atoms with Crippen molar-refractivity contribution in [3.8, 4) is 0 Å². The maximum absolute atomic E-state index is 12.4. The van der Waals surface area contributed by atoms with Crippen molar-refractivity contribution in [1.82, 2.24) is 5.32 Å². The molecule has 0 radical (unpaired) electrons. The fraction of sp³-hybridized carbons (Fsp3) is 0.312. The summed E-state index contributed by atoms with van der Waals surface area (Å²) in [6.45, 7) is 3.11. The molecule has 140 valence electrons. The Morgan fingerprint density at radius 3 is 2.38 bits per heavy atom. The van der Waals surface area contributed by atoms with Crippen LogP contribution in [0.3, 0.4) is 0 Å². The van der Waals surface area contributed by atoms with Crippen LogP contribution in [0.25, 0.3) is 0 Å². The van der Waals surface area contributed by atoms with Crippen molar-refractivity contribution >= 4 is 21.7 Å². The number of carbonyl (C=O) groups is 1. The Morgan fingerprint density at radius 2 is 1.85 bits per heavy atom. The number of para-hydroxylation sites is 1. The van der Waals surface area contributed by atoms with E-state index >= 15 is 0 Å². The van der Waals surface area contributed by atoms with E-state index in [4.69, 9.17) is 4.74 Å². The maximum atomic E-state index is 12.4. The molecule has 1 atom stereocenters. The van der Waals surface area contributed by atoms with Gasteiger partial charge in [-0.25, -0.2) is 13.2 Å². The maximum Gasteiger partial charge on any atom is 0.513 e. The minimum Gasteiger partial charge on any atom is -0.437 e. The van der Waals surface area contributed by atoms with Crippen LogP contribution < -0.4 is 5.32 Å². The first-order chi connectivity index (χ1) is 12.1. The lowest BCUT2D eigenvalue weighted by Gasteiger charge is -2.30. The minimum absolute atomic E-state index is 0.0721. The highest BCUT2D eigenvalue weighted by Crippen LogP contribution is 2.43. The van der Waals surface area contributed by atoms with Crippen LogP contribution in [0.5, 0.6) is 0 Å². The molecule has 0 aromatic heterocycles. The van der Waals surface area contributed by atoms with Crippen LogP contribution in [0.2, 0.25) is 0 Å². The number of dihydropyridines is 1. The van der Waals surface area contributed by atoms with Crippen LogP contribution in [0.15, 0.2) is 46.3 Å². The SMILES string of the molecule is COC(=O)OC1=C(C)NC(C)=C(S(C)(=O)=O)C1c1ccccc1[N+](=O)[O-]. The number of nitro benzene ring substituents is 1. The monoisotopic (exact) mass is 382 g/mol. The van der Waals surface area contributed by atoms with Gasteiger partial charge in [-0.2, -0.15) is 0 Å². The van der Waals surface area contributed by atoms with Crippen LogP contribution >= 0.6 is 0 Å². The number of nitrogens with zero attached hydrogens (tertiary/aromatic N) is 1. The van der Waals surface area contributed by atoms with Gasteiger partial charge < -0.3 is 14.8 Å². The normalized spacial score (nSPS) is 17.6. The van der Waals surface area contributed by atoms with Crippen molar-refractivity contribution in [2.24, 2.45) is 0 Å². The molecule has 1 aliphatic rings. The molecule has 26 heavy (non-hydrogen) atoms. The molecule has 0 aliphatic carbocycles. The molecule has 10 heteroatoms. The lowest BCUT2D eigenvalue weighted by molar-refractivity contribution is -0.385. The third-order valence-electron chi connectivity index (χ3n) is 3.84. The van der Waals surface area contributed by atoms with Gasteiger partial charge in [0.25, 0.3) is 5.69 Å². The number of benzene rings is 1. The predicted molar refractivity (Wildman–Crippen MR) is 92.7 cm³/mol. The number of sulfone groups is 1. The van der Waals surface area contributed by atoms with Crippen LogP contribution in [0.1, 0.15) is 25.3 Å². The van der Waals surface area contributed by atoms with Crippen LogP contribution in [0, 0.1) is 10.1 Å². The quantitative estimate of drug-likeness (QED) is 0.478. The Hall–Kier alpha value is -2.88. The molecule has 1 unspecified atom stereocenters. The second-order valence-corrected chi connectivity index (χ2v) is 7.66. The number of nitro groups is 1. The third kappa shape index (κ3) is 3.69. The Bertz CT molecular complexity index is 932. The van der Waals surface area contributed by atoms with Gasteiger partial charge in [0.15, 0.2) is 9.84 Å². The minimum atomic E-state index is -3.79. The Balaban J connectivity index is 2.80. The molecule has 0 saturated heterocycles. The Kier molecular flexibility index (Phi) is 5.36. The summed E-state index contributed by atoms with van der Waals surface area (Å²) in [5.74, 6) is -1.23. The molecule has 1 heterocycles. The van der Waals surface area contributed by atoms with E-state index < -0.39 is 26.8 Å². The second-order valence-electron chi connectivity index (χ2n) is 5.68. The molecule has 9 nitrogen and oxygen atoms in total. The molecule has 1 aliphatic heterocycles. The Labute approximate surface area is 150 Å². The van der Waals surface area contributed by atoms with Crippen molar-refractivity contribution in [2.45, 2.75) is 19.8 Å². The average Bonchev–Trinajstić information content (AvgIpc) is 2.55. The molecule has 0 fully saturated rings. The van der Waals surface area contributed by atoms with Crippen LogP contribution in [-0.4, -0.2) is 32.9 Å². The predicted octanol–water partition coefficient (Wildman–Crippen LogP) is 2.57. The number of allylic oxidation sites excluding steroid dienone is 3. The van der Waals surface area contributed by atoms with Gasteiger partial charge in [0.1, 0.15) is 5.76 Å². The molecular weight excluding hydrogens is 364 g/mol. The van der Waals surface area contributed by atoms with Crippen molar-refractivity contribution in [2.75, 3.05) is 13.4 Å². The van der Waals surface area contributed by atoms with Gasteiger partial charge in [0.05, 0.1) is 28.6 Å². The summed E-state index contributed by atoms with van der Waals surface area (Å²) >= 11 is 0. The van der Waals surface area contributed by atoms with E-state index in [2.05, 4.69) is 10.1 Å². The lowest BCUT2D eigenvalue weighted by Crippen LogP contribution is -2.30. The lowest BCUT2D eigenvalue weighted by atomic mass is 9.91. The van der Waals surface area contributed by atoms with E-state index in [1.165, 1.54) is 25.1 Å². The molecule has 1 aromatic rings. The number of rotatable bonds is 4. The highest BCUT2D eigenvalue weighted by atomic mass is 32.2. The van der Waals surface area contributed by atoms with Crippen LogP contribution in [-0.2, 0) is 19.3 Å². The molecule has 0 bridgehead atoms. The second kappa shape index (κ2) is 7.16. The van der Waals surface area contributed by atoms with Gasteiger partial charge in [-0.15, -0.1) is 0 Å². The van der Waals surface area contributed by atoms with E-state index in [1.807, 2.05) is 0 Å². The van der Waals surface area contributed by atoms with Crippen molar-refractivity contribution < 1.29 is 27.6 Å². The number of nitrogens with one attached hydrogen (secondary N) is 1. The largest absolute Gasteiger partial charge is 0.513 e. The summed E-state index contributed by atoms with van der Waals surface area (Å²) in [6.07, 6.45) is -0.0664. The molecule has 0 amide bonds. The van der Waals surface area contributed by atoms with Crippen LogP contribution in [0.4, 0.5) is 10.5 Å². The van der Waals surface area contributed by atoms with Gasteiger partial charge in [-0.3, -0.25) is 10.1 Å². The summed E-state index contributed by atoms with van der Waals surface area (Å²) in [5.41, 5.74) is 0.456. The summed E-state index contributed by atoms with van der Waals surface area (Å²) in [7, 11) is -2.68. The first-order valence-corrected chi connectivity index (χ1v) is 9.34. The summed E-state index contributed by atoms with van der Waals surface area (Å²) < 4.78 is 34.5. The fourth-order valence-electron chi connectivity index (χ4n) is 2.90. The number of hydrogen-bond acceptors (Lipinski definition) is 8. The zero-order valence-electron chi connectivity index (χ0n) is 14.6. The molecule has 0 spiro atoms. The first kappa shape index (κ1) is 19.4. The van der Waals surface area contributed by atoms with Gasteiger partial charge in [0, 0.05) is 23.6 Å². The smallest absolute Gasteiger partial charge is 0.437 e. The van der Waals surface area contributed by atoms with E-state index in [0.717, 1.165) is 13.4 Å². The molecule has 1 N–H and O–H groups in total. The van der Waals surface area contributed by atoms with Gasteiger partial charge >= 0.3 is 6.16 Å². The highest BCUT2D eigenvalue weighted by molar-refractivity contribution is 7.94. The summed E-state index contributed by atoms with van der Waals surface area (Å²) in [4.78, 5) is 22.4.